The van der Waals surface area contributed by atoms with E-state index in [0.717, 1.165) is 22.4 Å². The van der Waals surface area contributed by atoms with Crippen LogP contribution in [0.15, 0.2) is 61.2 Å². The Morgan fingerprint density at radius 3 is 2.39 bits per heavy atom. The molecule has 0 bridgehead atoms. The molecule has 0 radical (unpaired) electrons. The molecule has 0 aliphatic carbocycles. The summed E-state index contributed by atoms with van der Waals surface area (Å²) >= 11 is 0. The minimum absolute atomic E-state index is 0.111. The van der Waals surface area contributed by atoms with Crippen molar-refractivity contribution >= 4 is 6.03 Å². The van der Waals surface area contributed by atoms with Crippen molar-refractivity contribution in [3.63, 3.8) is 0 Å². The van der Waals surface area contributed by atoms with Gasteiger partial charge < -0.3 is 15.0 Å². The van der Waals surface area contributed by atoms with Crippen molar-refractivity contribution in [2.24, 2.45) is 0 Å². The van der Waals surface area contributed by atoms with Gasteiger partial charge in [-0.2, -0.15) is 5.10 Å². The molecule has 0 aliphatic heterocycles. The molecule has 0 saturated carbocycles. The van der Waals surface area contributed by atoms with Gasteiger partial charge in [0.25, 0.3) is 0 Å². The maximum absolute atomic E-state index is 12.3. The first-order valence-corrected chi connectivity index (χ1v) is 9.25. The number of rotatable bonds is 8. The van der Waals surface area contributed by atoms with E-state index in [2.05, 4.69) is 15.4 Å². The van der Waals surface area contributed by atoms with Crippen molar-refractivity contribution in [2.45, 2.75) is 26.6 Å². The Labute approximate surface area is 165 Å². The fraction of sp³-hybridized carbons (Fsp3) is 0.286. The molecule has 0 aliphatic rings. The van der Waals surface area contributed by atoms with Crippen LogP contribution in [0.3, 0.4) is 0 Å². The van der Waals surface area contributed by atoms with E-state index in [4.69, 9.17) is 4.74 Å². The Hall–Kier alpha value is -3.35. The molecule has 7 nitrogen and oxygen atoms in total. The molecule has 0 spiro atoms. The standard InChI is InChI=1S/C21H25N5O2/c1-3-28-20-10-8-18(9-11-20)13-25(2)21(27)23-12-17-4-6-19(7-5-17)14-26-16-22-15-24-26/h4-11,15-16H,3,12-14H2,1-2H3,(H,23,27). The van der Waals surface area contributed by atoms with Crippen LogP contribution in [0.2, 0.25) is 0 Å². The molecule has 0 unspecified atom stereocenters. The van der Waals surface area contributed by atoms with E-state index in [-0.39, 0.29) is 6.03 Å². The van der Waals surface area contributed by atoms with Crippen LogP contribution in [-0.4, -0.2) is 39.4 Å². The minimum atomic E-state index is -0.111. The van der Waals surface area contributed by atoms with Gasteiger partial charge in [-0.3, -0.25) is 0 Å². The second-order valence-corrected chi connectivity index (χ2v) is 6.50. The molecule has 28 heavy (non-hydrogen) atoms. The second-order valence-electron chi connectivity index (χ2n) is 6.50. The van der Waals surface area contributed by atoms with E-state index in [1.54, 1.807) is 23.0 Å². The van der Waals surface area contributed by atoms with Gasteiger partial charge in [-0.05, 0) is 35.7 Å². The van der Waals surface area contributed by atoms with Gasteiger partial charge in [0.15, 0.2) is 0 Å². The van der Waals surface area contributed by atoms with Crippen molar-refractivity contribution in [1.82, 2.24) is 25.0 Å². The third-order valence-corrected chi connectivity index (χ3v) is 4.28. The number of carbonyl (C=O) groups excluding carboxylic acids is 1. The molecule has 7 heteroatoms. The summed E-state index contributed by atoms with van der Waals surface area (Å²) in [6.07, 6.45) is 3.21. The third kappa shape index (κ3) is 5.57. The zero-order valence-electron chi connectivity index (χ0n) is 16.2. The van der Waals surface area contributed by atoms with E-state index in [1.165, 1.54) is 6.33 Å². The lowest BCUT2D eigenvalue weighted by Gasteiger charge is -2.18. The van der Waals surface area contributed by atoms with Crippen LogP contribution in [0, 0.1) is 0 Å². The number of hydrogen-bond acceptors (Lipinski definition) is 4. The minimum Gasteiger partial charge on any atom is -0.494 e. The number of urea groups is 1. The molecule has 3 rings (SSSR count). The van der Waals surface area contributed by atoms with Crippen LogP contribution >= 0.6 is 0 Å². The molecule has 1 heterocycles. The number of aromatic nitrogens is 3. The highest BCUT2D eigenvalue weighted by Crippen LogP contribution is 2.13. The molecule has 0 fully saturated rings. The smallest absolute Gasteiger partial charge is 0.317 e. The van der Waals surface area contributed by atoms with E-state index in [9.17, 15) is 4.79 Å². The SMILES string of the molecule is CCOc1ccc(CN(C)C(=O)NCc2ccc(Cn3cncn3)cc2)cc1. The molecule has 1 aromatic heterocycles. The second kappa shape index (κ2) is 9.55. The van der Waals surface area contributed by atoms with Crippen LogP contribution in [0.25, 0.3) is 0 Å². The van der Waals surface area contributed by atoms with Gasteiger partial charge in [0.05, 0.1) is 13.2 Å². The van der Waals surface area contributed by atoms with Crippen molar-refractivity contribution in [2.75, 3.05) is 13.7 Å². The van der Waals surface area contributed by atoms with E-state index >= 15 is 0 Å². The van der Waals surface area contributed by atoms with Crippen LogP contribution in [0.1, 0.15) is 23.6 Å². The first-order valence-electron chi connectivity index (χ1n) is 9.25. The summed E-state index contributed by atoms with van der Waals surface area (Å²) in [6, 6.07) is 15.8. The van der Waals surface area contributed by atoms with Crippen molar-refractivity contribution < 1.29 is 9.53 Å². The normalized spacial score (nSPS) is 10.5. The highest BCUT2D eigenvalue weighted by molar-refractivity contribution is 5.73. The maximum atomic E-state index is 12.3. The zero-order valence-corrected chi connectivity index (χ0v) is 16.2. The molecule has 0 atom stereocenters. The van der Waals surface area contributed by atoms with E-state index < -0.39 is 0 Å². The summed E-state index contributed by atoms with van der Waals surface area (Å²) in [5.41, 5.74) is 3.23. The highest BCUT2D eigenvalue weighted by Gasteiger charge is 2.09. The fourth-order valence-electron chi connectivity index (χ4n) is 2.78. The number of benzene rings is 2. The van der Waals surface area contributed by atoms with E-state index in [0.29, 0.717) is 26.2 Å². The first kappa shape index (κ1) is 19.4. The van der Waals surface area contributed by atoms with E-state index in [1.807, 2.05) is 55.5 Å². The van der Waals surface area contributed by atoms with Gasteiger partial charge in [-0.1, -0.05) is 36.4 Å². The third-order valence-electron chi connectivity index (χ3n) is 4.28. The number of carbonyl (C=O) groups is 1. The predicted octanol–water partition coefficient (Wildman–Crippen LogP) is 3.07. The topological polar surface area (TPSA) is 72.3 Å². The van der Waals surface area contributed by atoms with Crippen molar-refractivity contribution in [3.05, 3.63) is 77.9 Å². The van der Waals surface area contributed by atoms with Crippen LogP contribution in [0.5, 0.6) is 5.75 Å². The number of amides is 2. The van der Waals surface area contributed by atoms with Crippen molar-refractivity contribution in [1.29, 1.82) is 0 Å². The Kier molecular flexibility index (Phi) is 6.62. The molecule has 0 saturated heterocycles. The summed E-state index contributed by atoms with van der Waals surface area (Å²) in [4.78, 5) is 17.9. The van der Waals surface area contributed by atoms with Gasteiger partial charge in [0.2, 0.25) is 0 Å². The Morgan fingerprint density at radius 2 is 1.75 bits per heavy atom. The predicted molar refractivity (Wildman–Crippen MR) is 107 cm³/mol. The van der Waals surface area contributed by atoms with Gasteiger partial charge in [0, 0.05) is 20.1 Å². The molecular weight excluding hydrogens is 354 g/mol. The Bertz CT molecular complexity index is 861. The highest BCUT2D eigenvalue weighted by atomic mass is 16.5. The zero-order chi connectivity index (χ0) is 19.8. The first-order chi connectivity index (χ1) is 13.6. The van der Waals surface area contributed by atoms with Crippen LogP contribution in [0.4, 0.5) is 4.79 Å². The number of ether oxygens (including phenoxy) is 1. The maximum Gasteiger partial charge on any atom is 0.317 e. The number of nitrogens with one attached hydrogen (secondary N) is 1. The van der Waals surface area contributed by atoms with Crippen LogP contribution in [-0.2, 0) is 19.6 Å². The monoisotopic (exact) mass is 379 g/mol. The summed E-state index contributed by atoms with van der Waals surface area (Å²) in [7, 11) is 1.78. The lowest BCUT2D eigenvalue weighted by molar-refractivity contribution is 0.206. The average molecular weight is 379 g/mol. The Balaban J connectivity index is 1.46. The molecule has 2 amide bonds. The quantitative estimate of drug-likeness (QED) is 0.653. The average Bonchev–Trinajstić information content (AvgIpc) is 3.22. The van der Waals surface area contributed by atoms with Gasteiger partial charge in [-0.15, -0.1) is 0 Å². The lowest BCUT2D eigenvalue weighted by Crippen LogP contribution is -2.36. The molecule has 146 valence electrons. The van der Waals surface area contributed by atoms with Gasteiger partial charge in [-0.25, -0.2) is 14.5 Å². The summed E-state index contributed by atoms with van der Waals surface area (Å²) < 4.78 is 7.21. The van der Waals surface area contributed by atoms with Gasteiger partial charge in [0.1, 0.15) is 18.4 Å². The number of nitrogens with zero attached hydrogens (tertiary/aromatic N) is 4. The summed E-state index contributed by atoms with van der Waals surface area (Å²) in [5, 5.41) is 7.05. The molecule has 1 N–H and O–H groups in total. The fourth-order valence-corrected chi connectivity index (χ4v) is 2.78. The van der Waals surface area contributed by atoms with Crippen molar-refractivity contribution in [3.8, 4) is 5.75 Å². The molecule has 3 aromatic rings. The number of hydrogen-bond donors (Lipinski definition) is 1. The molecule has 2 aromatic carbocycles. The van der Waals surface area contributed by atoms with Crippen LogP contribution < -0.4 is 10.1 Å². The largest absolute Gasteiger partial charge is 0.494 e. The summed E-state index contributed by atoms with van der Waals surface area (Å²) in [5.74, 6) is 0.839. The summed E-state index contributed by atoms with van der Waals surface area (Å²) in [6.45, 7) is 4.29. The van der Waals surface area contributed by atoms with Gasteiger partial charge >= 0.3 is 6.03 Å². The lowest BCUT2D eigenvalue weighted by atomic mass is 10.1. The Morgan fingerprint density at radius 1 is 1.07 bits per heavy atom. The molecular formula is C21H25N5O2.